The van der Waals surface area contributed by atoms with Crippen molar-refractivity contribution in [2.24, 2.45) is 0 Å². The predicted molar refractivity (Wildman–Crippen MR) is 129 cm³/mol. The second-order valence-electron chi connectivity index (χ2n) is 7.64. The van der Waals surface area contributed by atoms with Gasteiger partial charge < -0.3 is 9.64 Å². The van der Waals surface area contributed by atoms with E-state index in [2.05, 4.69) is 20.0 Å². The van der Waals surface area contributed by atoms with E-state index in [9.17, 15) is 4.79 Å². The van der Waals surface area contributed by atoms with E-state index in [0.29, 0.717) is 5.39 Å². The van der Waals surface area contributed by atoms with Gasteiger partial charge in [0.2, 0.25) is 0 Å². The molecule has 162 valence electrons. The highest BCUT2D eigenvalue weighted by Crippen LogP contribution is 2.31. The van der Waals surface area contributed by atoms with Crippen molar-refractivity contribution in [2.75, 3.05) is 36.6 Å². The third kappa shape index (κ3) is 3.71. The molecule has 0 N–H and O–H groups in total. The number of methoxy groups -OCH3 is 1. The molecule has 1 fully saturated rings. The molecule has 0 radical (unpaired) electrons. The van der Waals surface area contributed by atoms with Crippen LogP contribution < -0.4 is 15.2 Å². The van der Waals surface area contributed by atoms with Crippen molar-refractivity contribution in [1.82, 2.24) is 19.7 Å². The van der Waals surface area contributed by atoms with Crippen LogP contribution in [0.2, 0.25) is 0 Å². The Morgan fingerprint density at radius 1 is 1.03 bits per heavy atom. The number of thioether (sulfide) groups is 1. The van der Waals surface area contributed by atoms with Crippen molar-refractivity contribution in [2.45, 2.75) is 6.92 Å². The summed E-state index contributed by atoms with van der Waals surface area (Å²) in [6.45, 7) is 3.99. The van der Waals surface area contributed by atoms with Crippen LogP contribution >= 0.6 is 11.8 Å². The van der Waals surface area contributed by atoms with Gasteiger partial charge in [-0.2, -0.15) is 21.5 Å². The van der Waals surface area contributed by atoms with Crippen molar-refractivity contribution in [3.8, 4) is 22.8 Å². The molecule has 0 bridgehead atoms. The molecule has 7 nitrogen and oxygen atoms in total. The number of hydrogen-bond donors (Lipinski definition) is 0. The van der Waals surface area contributed by atoms with E-state index in [1.165, 1.54) is 4.68 Å². The number of aromatic nitrogens is 4. The van der Waals surface area contributed by atoms with Gasteiger partial charge in [0.05, 0.1) is 36.8 Å². The Kier molecular flexibility index (Phi) is 5.53. The van der Waals surface area contributed by atoms with E-state index in [1.54, 1.807) is 25.7 Å². The quantitative estimate of drug-likeness (QED) is 0.474. The summed E-state index contributed by atoms with van der Waals surface area (Å²) in [5.41, 5.74) is 3.86. The SMILES string of the molecule is COc1cccc(-c2ccc3c(=O)n(-c4ncc(N5CCSCC5)cn4)ncc3c2)c1C. The number of ether oxygens (including phenoxy) is 1. The number of benzene rings is 2. The Hall–Kier alpha value is -3.39. The van der Waals surface area contributed by atoms with E-state index in [1.807, 2.05) is 55.1 Å². The monoisotopic (exact) mass is 445 g/mol. The highest BCUT2D eigenvalue weighted by Gasteiger charge is 2.14. The number of rotatable bonds is 4. The fourth-order valence-electron chi connectivity index (χ4n) is 4.02. The molecule has 0 aliphatic carbocycles. The number of hydrogen-bond acceptors (Lipinski definition) is 7. The van der Waals surface area contributed by atoms with Gasteiger partial charge in [-0.25, -0.2) is 9.97 Å². The first-order valence-electron chi connectivity index (χ1n) is 10.5. The molecule has 0 unspecified atom stereocenters. The Morgan fingerprint density at radius 2 is 1.81 bits per heavy atom. The molecular weight excluding hydrogens is 422 g/mol. The molecule has 2 aromatic carbocycles. The predicted octanol–water partition coefficient (Wildman–Crippen LogP) is 3.71. The van der Waals surface area contributed by atoms with Crippen molar-refractivity contribution < 1.29 is 4.74 Å². The molecule has 4 aromatic rings. The smallest absolute Gasteiger partial charge is 0.282 e. The van der Waals surface area contributed by atoms with Crippen LogP contribution in [0.1, 0.15) is 5.56 Å². The van der Waals surface area contributed by atoms with Crippen molar-refractivity contribution >= 4 is 28.2 Å². The lowest BCUT2D eigenvalue weighted by Crippen LogP contribution is -2.32. The standard InChI is InChI=1S/C24H23N5O2S/c1-16-20(4-3-5-22(16)31-2)17-6-7-21-18(12-17)13-27-29(23(21)30)24-25-14-19(15-26-24)28-8-10-32-11-9-28/h3-7,12-15H,8-11H2,1-2H3. The van der Waals surface area contributed by atoms with Gasteiger partial charge in [0.1, 0.15) is 5.75 Å². The lowest BCUT2D eigenvalue weighted by atomic mass is 9.98. The molecule has 1 aliphatic rings. The normalized spacial score (nSPS) is 14.0. The van der Waals surface area contributed by atoms with Gasteiger partial charge in [-0.05, 0) is 41.8 Å². The van der Waals surface area contributed by atoms with Gasteiger partial charge in [0, 0.05) is 30.0 Å². The molecule has 0 spiro atoms. The molecule has 2 aromatic heterocycles. The average Bonchev–Trinajstić information content (AvgIpc) is 2.85. The third-order valence-electron chi connectivity index (χ3n) is 5.79. The summed E-state index contributed by atoms with van der Waals surface area (Å²) in [6, 6.07) is 11.7. The maximum atomic E-state index is 13.1. The van der Waals surface area contributed by atoms with Crippen LogP contribution in [0, 0.1) is 6.92 Å². The molecular formula is C24H23N5O2S. The van der Waals surface area contributed by atoms with Crippen LogP contribution in [0.25, 0.3) is 27.8 Å². The Labute approximate surface area is 190 Å². The third-order valence-corrected chi connectivity index (χ3v) is 6.73. The van der Waals surface area contributed by atoms with Crippen molar-refractivity contribution in [3.05, 3.63) is 70.9 Å². The minimum Gasteiger partial charge on any atom is -0.496 e. The Bertz CT molecular complexity index is 1330. The molecule has 3 heterocycles. The fraction of sp³-hybridized carbons (Fsp3) is 0.250. The van der Waals surface area contributed by atoms with E-state index in [-0.39, 0.29) is 11.5 Å². The van der Waals surface area contributed by atoms with E-state index in [4.69, 9.17) is 4.74 Å². The Balaban J connectivity index is 1.49. The first kappa shape index (κ1) is 20.5. The molecule has 5 rings (SSSR count). The lowest BCUT2D eigenvalue weighted by Gasteiger charge is -2.27. The van der Waals surface area contributed by atoms with E-state index >= 15 is 0 Å². The number of fused-ring (bicyclic) bond motifs is 1. The van der Waals surface area contributed by atoms with Crippen LogP contribution in [-0.2, 0) is 0 Å². The minimum atomic E-state index is -0.237. The molecule has 1 saturated heterocycles. The van der Waals surface area contributed by atoms with Gasteiger partial charge in [0.15, 0.2) is 0 Å². The summed E-state index contributed by atoms with van der Waals surface area (Å²) < 4.78 is 6.70. The zero-order chi connectivity index (χ0) is 22.1. The summed E-state index contributed by atoms with van der Waals surface area (Å²) >= 11 is 1.95. The Morgan fingerprint density at radius 3 is 2.56 bits per heavy atom. The van der Waals surface area contributed by atoms with Gasteiger partial charge in [-0.15, -0.1) is 0 Å². The van der Waals surface area contributed by atoms with E-state index < -0.39 is 0 Å². The van der Waals surface area contributed by atoms with Crippen LogP contribution in [0.5, 0.6) is 5.75 Å². The highest BCUT2D eigenvalue weighted by atomic mass is 32.2. The number of anilines is 1. The van der Waals surface area contributed by atoms with Crippen LogP contribution in [0.3, 0.4) is 0 Å². The maximum Gasteiger partial charge on any atom is 0.282 e. The summed E-state index contributed by atoms with van der Waals surface area (Å²) in [4.78, 5) is 24.2. The highest BCUT2D eigenvalue weighted by molar-refractivity contribution is 7.99. The van der Waals surface area contributed by atoms with Crippen molar-refractivity contribution in [3.63, 3.8) is 0 Å². The molecule has 8 heteroatoms. The van der Waals surface area contributed by atoms with Gasteiger partial charge in [-0.1, -0.05) is 18.2 Å². The van der Waals surface area contributed by atoms with Crippen molar-refractivity contribution in [1.29, 1.82) is 0 Å². The summed E-state index contributed by atoms with van der Waals surface area (Å²) in [7, 11) is 1.67. The minimum absolute atomic E-state index is 0.237. The fourth-order valence-corrected chi connectivity index (χ4v) is 4.92. The summed E-state index contributed by atoms with van der Waals surface area (Å²) in [5, 5.41) is 5.69. The molecule has 0 amide bonds. The second kappa shape index (κ2) is 8.63. The topological polar surface area (TPSA) is 73.1 Å². The molecule has 0 atom stereocenters. The first-order chi connectivity index (χ1) is 15.7. The van der Waals surface area contributed by atoms with Crippen LogP contribution in [0.15, 0.2) is 59.8 Å². The number of nitrogens with zero attached hydrogens (tertiary/aromatic N) is 5. The molecule has 0 saturated carbocycles. The average molecular weight is 446 g/mol. The lowest BCUT2D eigenvalue weighted by molar-refractivity contribution is 0.412. The zero-order valence-corrected chi connectivity index (χ0v) is 18.8. The van der Waals surface area contributed by atoms with Gasteiger partial charge >= 0.3 is 0 Å². The summed E-state index contributed by atoms with van der Waals surface area (Å²) in [6.07, 6.45) is 5.23. The molecule has 1 aliphatic heterocycles. The van der Waals surface area contributed by atoms with Crippen LogP contribution in [-0.4, -0.2) is 51.5 Å². The first-order valence-corrected chi connectivity index (χ1v) is 11.6. The van der Waals surface area contributed by atoms with E-state index in [0.717, 1.165) is 58.1 Å². The molecule has 32 heavy (non-hydrogen) atoms. The largest absolute Gasteiger partial charge is 0.496 e. The maximum absolute atomic E-state index is 13.1. The summed E-state index contributed by atoms with van der Waals surface area (Å²) in [5.74, 6) is 3.31. The zero-order valence-electron chi connectivity index (χ0n) is 18.0. The second-order valence-corrected chi connectivity index (χ2v) is 8.86. The van der Waals surface area contributed by atoms with Gasteiger partial charge in [-0.3, -0.25) is 4.79 Å². The van der Waals surface area contributed by atoms with Gasteiger partial charge in [0.25, 0.3) is 11.5 Å². The van der Waals surface area contributed by atoms with Crippen LogP contribution in [0.4, 0.5) is 5.69 Å².